The smallest absolute Gasteiger partial charge is 0.261 e. The molecule has 2 aliphatic rings. The van der Waals surface area contributed by atoms with Gasteiger partial charge in [0.05, 0.1) is 24.4 Å². The highest BCUT2D eigenvalue weighted by Gasteiger charge is 2.33. The van der Waals surface area contributed by atoms with E-state index in [1.165, 1.54) is 0 Å². The van der Waals surface area contributed by atoms with E-state index in [0.29, 0.717) is 36.5 Å². The van der Waals surface area contributed by atoms with E-state index in [1.807, 2.05) is 12.1 Å². The van der Waals surface area contributed by atoms with E-state index in [9.17, 15) is 9.59 Å². The highest BCUT2D eigenvalue weighted by Crippen LogP contribution is 2.31. The molecule has 2 aliphatic heterocycles. The van der Waals surface area contributed by atoms with Crippen molar-refractivity contribution >= 4 is 5.91 Å². The van der Waals surface area contributed by atoms with Gasteiger partial charge in [-0.1, -0.05) is 12.1 Å². The molecule has 4 rings (SSSR count). The molecule has 8 heteroatoms. The number of fused-ring (bicyclic) bond motifs is 1. The van der Waals surface area contributed by atoms with Crippen LogP contribution in [0.15, 0.2) is 29.1 Å². The maximum absolute atomic E-state index is 12.9. The molecule has 0 aliphatic carbocycles. The summed E-state index contributed by atoms with van der Waals surface area (Å²) in [5.41, 5.74) is 1.52. The molecule has 31 heavy (non-hydrogen) atoms. The fourth-order valence-corrected chi connectivity index (χ4v) is 4.37. The van der Waals surface area contributed by atoms with E-state index >= 15 is 0 Å². The predicted molar refractivity (Wildman–Crippen MR) is 116 cm³/mol. The number of likely N-dealkylation sites (tertiary alicyclic amines) is 1. The number of carbonyl (C=O) groups is 1. The van der Waals surface area contributed by atoms with Gasteiger partial charge in [-0.05, 0) is 38.8 Å². The third kappa shape index (κ3) is 4.44. The fourth-order valence-electron chi connectivity index (χ4n) is 4.37. The number of benzene rings is 1. The highest BCUT2D eigenvalue weighted by molar-refractivity contribution is 5.78. The van der Waals surface area contributed by atoms with Crippen molar-refractivity contribution in [3.63, 3.8) is 0 Å². The largest absolute Gasteiger partial charge is 0.493 e. The third-order valence-electron chi connectivity index (χ3n) is 6.16. The summed E-state index contributed by atoms with van der Waals surface area (Å²) < 4.78 is 11.0. The van der Waals surface area contributed by atoms with Crippen LogP contribution in [-0.2, 0) is 17.8 Å². The van der Waals surface area contributed by atoms with Crippen molar-refractivity contribution in [2.45, 2.75) is 51.7 Å². The second-order valence-corrected chi connectivity index (χ2v) is 8.38. The lowest BCUT2D eigenvalue weighted by Gasteiger charge is -2.31. The molecule has 0 spiro atoms. The number of nitrogens with one attached hydrogen (secondary N) is 1. The Morgan fingerprint density at radius 1 is 1.26 bits per heavy atom. The second kappa shape index (κ2) is 9.09. The van der Waals surface area contributed by atoms with Gasteiger partial charge < -0.3 is 19.4 Å². The summed E-state index contributed by atoms with van der Waals surface area (Å²) in [6, 6.07) is 7.41. The maximum Gasteiger partial charge on any atom is 0.261 e. The summed E-state index contributed by atoms with van der Waals surface area (Å²) in [5, 5.41) is 0. The third-order valence-corrected chi connectivity index (χ3v) is 6.16. The van der Waals surface area contributed by atoms with Crippen LogP contribution >= 0.6 is 0 Å². The highest BCUT2D eigenvalue weighted by atomic mass is 16.5. The number of nitrogens with zero attached hydrogens (tertiary/aromatic N) is 3. The topological polar surface area (TPSA) is 87.8 Å². The Labute approximate surface area is 182 Å². The lowest BCUT2D eigenvalue weighted by Crippen LogP contribution is -2.41. The Balaban J connectivity index is 1.49. The lowest BCUT2D eigenvalue weighted by atomic mass is 10.0. The van der Waals surface area contributed by atoms with Crippen molar-refractivity contribution in [2.24, 2.45) is 0 Å². The van der Waals surface area contributed by atoms with Crippen LogP contribution in [0.1, 0.15) is 49.8 Å². The number of para-hydroxylation sites is 2. The van der Waals surface area contributed by atoms with Gasteiger partial charge in [0.25, 0.3) is 11.5 Å². The average Bonchev–Trinajstić information content (AvgIpc) is 3.27. The van der Waals surface area contributed by atoms with Crippen LogP contribution in [0.2, 0.25) is 0 Å². The van der Waals surface area contributed by atoms with Gasteiger partial charge in [-0.2, -0.15) is 0 Å². The van der Waals surface area contributed by atoms with Crippen molar-refractivity contribution in [1.82, 2.24) is 19.8 Å². The van der Waals surface area contributed by atoms with Crippen LogP contribution in [0.4, 0.5) is 0 Å². The summed E-state index contributed by atoms with van der Waals surface area (Å²) in [6.07, 6.45) is 2.40. The molecular weight excluding hydrogens is 396 g/mol. The van der Waals surface area contributed by atoms with Gasteiger partial charge in [-0.25, -0.2) is 4.98 Å². The molecule has 1 fully saturated rings. The molecule has 0 unspecified atom stereocenters. The molecule has 1 aromatic carbocycles. The first kappa shape index (κ1) is 21.4. The van der Waals surface area contributed by atoms with E-state index in [4.69, 9.17) is 14.5 Å². The summed E-state index contributed by atoms with van der Waals surface area (Å²) >= 11 is 0. The Hall–Kier alpha value is -2.87. The zero-order valence-corrected chi connectivity index (χ0v) is 18.4. The molecule has 3 heterocycles. The molecule has 1 atom stereocenters. The van der Waals surface area contributed by atoms with Crippen LogP contribution in [0.25, 0.3) is 0 Å². The molecular formula is C23H30N4O4. The molecule has 2 aromatic rings. The minimum absolute atomic E-state index is 0.0879. The van der Waals surface area contributed by atoms with E-state index in [0.717, 1.165) is 37.1 Å². The molecule has 1 amide bonds. The van der Waals surface area contributed by atoms with Crippen molar-refractivity contribution in [2.75, 3.05) is 26.8 Å². The van der Waals surface area contributed by atoms with Crippen LogP contribution in [-0.4, -0.2) is 58.5 Å². The lowest BCUT2D eigenvalue weighted by molar-refractivity contribution is -0.134. The Morgan fingerprint density at radius 3 is 2.77 bits per heavy atom. The van der Waals surface area contributed by atoms with Crippen LogP contribution in [0.5, 0.6) is 11.5 Å². The molecule has 0 saturated carbocycles. The molecule has 0 bridgehead atoms. The normalized spacial score (nSPS) is 18.8. The quantitative estimate of drug-likeness (QED) is 0.763. The number of aromatic amines is 1. The monoisotopic (exact) mass is 426 g/mol. The van der Waals surface area contributed by atoms with Crippen LogP contribution in [0, 0.1) is 0 Å². The van der Waals surface area contributed by atoms with Crippen molar-refractivity contribution < 1.29 is 14.3 Å². The van der Waals surface area contributed by atoms with E-state index in [1.54, 1.807) is 24.1 Å². The summed E-state index contributed by atoms with van der Waals surface area (Å²) in [6.45, 7) is 6.32. The predicted octanol–water partition coefficient (Wildman–Crippen LogP) is 2.29. The summed E-state index contributed by atoms with van der Waals surface area (Å²) in [7, 11) is 1.57. The van der Waals surface area contributed by atoms with Gasteiger partial charge in [0.2, 0.25) is 0 Å². The first-order valence-corrected chi connectivity index (χ1v) is 10.9. The van der Waals surface area contributed by atoms with Crippen LogP contribution in [0.3, 0.4) is 0 Å². The molecule has 1 N–H and O–H groups in total. The standard InChI is InChI=1S/C23H30N4O4/c1-15(2)26-12-10-17-16(13-26)23(29)25-22(24-17)18-7-6-11-27(18)21(28)14-31-20-9-5-4-8-19(20)30-3/h4-5,8-9,15,18H,6-7,10-14H2,1-3H3,(H,24,25,29)/t18-/m0/s1. The van der Waals surface area contributed by atoms with Gasteiger partial charge >= 0.3 is 0 Å². The Bertz CT molecular complexity index is 1000. The SMILES string of the molecule is COc1ccccc1OCC(=O)N1CCC[C@H]1c1nc2c(c(=O)[nH]1)CN(C(C)C)CC2. The average molecular weight is 427 g/mol. The molecule has 8 nitrogen and oxygen atoms in total. The summed E-state index contributed by atoms with van der Waals surface area (Å²) in [4.78, 5) is 37.5. The zero-order valence-electron chi connectivity index (χ0n) is 18.4. The van der Waals surface area contributed by atoms with Gasteiger partial charge in [-0.3, -0.25) is 14.5 Å². The minimum Gasteiger partial charge on any atom is -0.493 e. The van der Waals surface area contributed by atoms with E-state index in [-0.39, 0.29) is 24.1 Å². The number of methoxy groups -OCH3 is 1. The number of carbonyl (C=O) groups excluding carboxylic acids is 1. The maximum atomic E-state index is 12.9. The van der Waals surface area contributed by atoms with Crippen LogP contribution < -0.4 is 15.0 Å². The number of ether oxygens (including phenoxy) is 2. The summed E-state index contributed by atoms with van der Waals surface area (Å²) in [5.74, 6) is 1.58. The van der Waals surface area contributed by atoms with Crippen molar-refractivity contribution in [3.05, 3.63) is 51.7 Å². The number of rotatable bonds is 6. The zero-order chi connectivity index (χ0) is 22.0. The number of aromatic nitrogens is 2. The fraction of sp³-hybridized carbons (Fsp3) is 0.522. The van der Waals surface area contributed by atoms with Crippen molar-refractivity contribution in [1.29, 1.82) is 0 Å². The van der Waals surface area contributed by atoms with E-state index < -0.39 is 0 Å². The first-order valence-electron chi connectivity index (χ1n) is 10.9. The Morgan fingerprint density at radius 2 is 2.03 bits per heavy atom. The number of hydrogen-bond donors (Lipinski definition) is 1. The minimum atomic E-state index is -0.227. The number of H-pyrrole nitrogens is 1. The number of hydrogen-bond acceptors (Lipinski definition) is 6. The molecule has 1 saturated heterocycles. The Kier molecular flexibility index (Phi) is 6.27. The first-order chi connectivity index (χ1) is 15.0. The van der Waals surface area contributed by atoms with E-state index in [2.05, 4.69) is 23.7 Å². The van der Waals surface area contributed by atoms with Crippen molar-refractivity contribution in [3.8, 4) is 11.5 Å². The second-order valence-electron chi connectivity index (χ2n) is 8.38. The van der Waals surface area contributed by atoms with Gasteiger partial charge in [0.15, 0.2) is 18.1 Å². The van der Waals surface area contributed by atoms with Gasteiger partial charge in [-0.15, -0.1) is 0 Å². The van der Waals surface area contributed by atoms with Gasteiger partial charge in [0.1, 0.15) is 5.82 Å². The molecule has 1 aromatic heterocycles. The van der Waals surface area contributed by atoms with Gasteiger partial charge in [0, 0.05) is 32.1 Å². The molecule has 0 radical (unpaired) electrons. The molecule has 166 valence electrons. The number of amides is 1.